The minimum atomic E-state index is -4.55. The van der Waals surface area contributed by atoms with E-state index in [0.29, 0.717) is 32.1 Å². The Bertz CT molecular complexity index is 1150. The highest BCUT2D eigenvalue weighted by atomic mass is 32.2. The van der Waals surface area contributed by atoms with Gasteiger partial charge < -0.3 is 20.3 Å². The average Bonchev–Trinajstić information content (AvgIpc) is 3.60. The number of urea groups is 1. The molecule has 34 heavy (non-hydrogen) atoms. The zero-order valence-corrected chi connectivity index (χ0v) is 19.1. The van der Waals surface area contributed by atoms with E-state index in [1.165, 1.54) is 24.4 Å². The van der Waals surface area contributed by atoms with E-state index in [4.69, 9.17) is 4.74 Å². The van der Waals surface area contributed by atoms with Crippen LogP contribution >= 0.6 is 0 Å². The summed E-state index contributed by atoms with van der Waals surface area (Å²) in [5.41, 5.74) is -0.795. The van der Waals surface area contributed by atoms with Crippen LogP contribution in [0.5, 0.6) is 0 Å². The number of nitrogens with one attached hydrogen (secondary N) is 2. The Morgan fingerprint density at radius 2 is 1.94 bits per heavy atom. The summed E-state index contributed by atoms with van der Waals surface area (Å²) in [5, 5.41) is 4.95. The zero-order chi connectivity index (χ0) is 24.3. The lowest BCUT2D eigenvalue weighted by Crippen LogP contribution is -2.29. The molecule has 1 aliphatic carbocycles. The number of ether oxygens (including phenoxy) is 1. The predicted molar refractivity (Wildman–Crippen MR) is 121 cm³/mol. The van der Waals surface area contributed by atoms with Crippen LogP contribution in [-0.4, -0.2) is 51.5 Å². The maximum Gasteiger partial charge on any atom is 0.416 e. The molecule has 0 bridgehead atoms. The predicted octanol–water partition coefficient (Wildman–Crippen LogP) is 4.15. The number of nitrogens with zero attached hydrogens (tertiary/aromatic N) is 2. The van der Waals surface area contributed by atoms with Crippen LogP contribution < -0.4 is 15.5 Å². The van der Waals surface area contributed by atoms with Crippen LogP contribution in [0.3, 0.4) is 0 Å². The molecule has 2 amide bonds. The van der Waals surface area contributed by atoms with Crippen LogP contribution in [0.2, 0.25) is 0 Å². The van der Waals surface area contributed by atoms with E-state index in [2.05, 4.69) is 15.6 Å². The molecule has 2 heterocycles. The normalized spacial score (nSPS) is 17.2. The van der Waals surface area contributed by atoms with Gasteiger partial charge in [-0.1, -0.05) is 6.07 Å². The molecule has 0 spiro atoms. The molecule has 0 unspecified atom stereocenters. The highest BCUT2D eigenvalue weighted by Crippen LogP contribution is 2.34. The lowest BCUT2D eigenvalue weighted by Gasteiger charge is -2.24. The van der Waals surface area contributed by atoms with Gasteiger partial charge in [0, 0.05) is 31.6 Å². The van der Waals surface area contributed by atoms with Gasteiger partial charge in [0.15, 0.2) is 15.7 Å². The van der Waals surface area contributed by atoms with Crippen molar-refractivity contribution < 1.29 is 31.1 Å². The van der Waals surface area contributed by atoms with Crippen molar-refractivity contribution in [1.82, 2.24) is 4.98 Å². The van der Waals surface area contributed by atoms with Crippen molar-refractivity contribution in [2.45, 2.75) is 30.3 Å². The third kappa shape index (κ3) is 6.17. The van der Waals surface area contributed by atoms with Crippen LogP contribution in [0.1, 0.15) is 24.8 Å². The minimum absolute atomic E-state index is 0.0106. The molecule has 1 saturated heterocycles. The highest BCUT2D eigenvalue weighted by molar-refractivity contribution is 7.91. The number of anilines is 3. The molecular formula is C22H25F3N4O4S. The van der Waals surface area contributed by atoms with Crippen LogP contribution in [-0.2, 0) is 20.8 Å². The molecule has 1 aromatic carbocycles. The molecule has 8 nitrogen and oxygen atoms in total. The average molecular weight is 499 g/mol. The standard InChI is InChI=1S/C22H25F3N4O4S/c23-22(24,25)16-3-1-4-17(11-16)27-21(30)28-19-12-18(34(31,32)14-15-5-6-15)13-26-20(19)29-7-2-9-33-10-8-29/h1,3-4,11-13,15H,2,5-10,14H2,(H2,27,28,30). The number of carbonyl (C=O) groups excluding carboxylic acids is 1. The summed E-state index contributed by atoms with van der Waals surface area (Å²) in [6.07, 6.45) is -0.815. The smallest absolute Gasteiger partial charge is 0.380 e. The largest absolute Gasteiger partial charge is 0.416 e. The number of pyridine rings is 1. The molecule has 2 aliphatic rings. The molecule has 0 atom stereocenters. The fourth-order valence-electron chi connectivity index (χ4n) is 3.66. The molecule has 2 fully saturated rings. The Balaban J connectivity index is 1.59. The van der Waals surface area contributed by atoms with E-state index in [1.54, 1.807) is 0 Å². The van der Waals surface area contributed by atoms with E-state index in [1.807, 2.05) is 4.90 Å². The lowest BCUT2D eigenvalue weighted by molar-refractivity contribution is -0.137. The topological polar surface area (TPSA) is 101 Å². The first-order valence-electron chi connectivity index (χ1n) is 10.9. The molecule has 184 valence electrons. The number of hydrogen-bond acceptors (Lipinski definition) is 6. The quantitative estimate of drug-likeness (QED) is 0.621. The maximum atomic E-state index is 13.0. The Morgan fingerprint density at radius 1 is 1.15 bits per heavy atom. The van der Waals surface area contributed by atoms with Gasteiger partial charge >= 0.3 is 12.2 Å². The van der Waals surface area contributed by atoms with Crippen LogP contribution in [0.15, 0.2) is 41.4 Å². The third-order valence-electron chi connectivity index (χ3n) is 5.57. The van der Waals surface area contributed by atoms with Crippen molar-refractivity contribution >= 4 is 33.1 Å². The second kappa shape index (κ2) is 9.79. The van der Waals surface area contributed by atoms with Crippen molar-refractivity contribution in [2.24, 2.45) is 5.92 Å². The number of benzene rings is 1. The molecule has 12 heteroatoms. The van der Waals surface area contributed by atoms with Crippen LogP contribution in [0.25, 0.3) is 0 Å². The molecular weight excluding hydrogens is 473 g/mol. The summed E-state index contributed by atoms with van der Waals surface area (Å²) in [7, 11) is -3.59. The fourth-order valence-corrected chi connectivity index (χ4v) is 5.32. The van der Waals surface area contributed by atoms with Gasteiger partial charge in [0.1, 0.15) is 0 Å². The van der Waals surface area contributed by atoms with Gasteiger partial charge in [-0.05, 0) is 49.4 Å². The first-order valence-corrected chi connectivity index (χ1v) is 12.6. The zero-order valence-electron chi connectivity index (χ0n) is 18.3. The number of amides is 2. The second-order valence-electron chi connectivity index (χ2n) is 8.38. The fraction of sp³-hybridized carbons (Fsp3) is 0.455. The van der Waals surface area contributed by atoms with Crippen molar-refractivity contribution in [3.05, 3.63) is 42.1 Å². The first-order chi connectivity index (χ1) is 16.1. The van der Waals surface area contributed by atoms with Gasteiger partial charge in [0.05, 0.1) is 28.5 Å². The number of halogens is 3. The summed E-state index contributed by atoms with van der Waals surface area (Å²) in [5.74, 6) is 0.518. The van der Waals surface area contributed by atoms with Crippen molar-refractivity contribution in [3.8, 4) is 0 Å². The van der Waals surface area contributed by atoms with Crippen molar-refractivity contribution in [1.29, 1.82) is 0 Å². The van der Waals surface area contributed by atoms with Gasteiger partial charge in [0.25, 0.3) is 0 Å². The van der Waals surface area contributed by atoms with Crippen LogP contribution in [0.4, 0.5) is 35.2 Å². The van der Waals surface area contributed by atoms with Gasteiger partial charge in [0.2, 0.25) is 0 Å². The van der Waals surface area contributed by atoms with Crippen LogP contribution in [0, 0.1) is 5.92 Å². The van der Waals surface area contributed by atoms with Crippen molar-refractivity contribution in [3.63, 3.8) is 0 Å². The molecule has 0 radical (unpaired) electrons. The summed E-state index contributed by atoms with van der Waals surface area (Å²) in [6.45, 7) is 2.10. The van der Waals surface area contributed by atoms with Gasteiger partial charge in [-0.15, -0.1) is 0 Å². The molecule has 4 rings (SSSR count). The van der Waals surface area contributed by atoms with Gasteiger partial charge in [-0.25, -0.2) is 18.2 Å². The van der Waals surface area contributed by atoms with E-state index < -0.39 is 27.6 Å². The molecule has 1 saturated carbocycles. The molecule has 1 aromatic heterocycles. The maximum absolute atomic E-state index is 13.0. The number of hydrogen-bond donors (Lipinski definition) is 2. The second-order valence-corrected chi connectivity index (χ2v) is 10.4. The summed E-state index contributed by atoms with van der Waals surface area (Å²) in [6, 6.07) is 4.79. The minimum Gasteiger partial charge on any atom is -0.380 e. The number of rotatable bonds is 6. The van der Waals surface area contributed by atoms with E-state index in [-0.39, 0.29) is 27.9 Å². The van der Waals surface area contributed by atoms with Crippen molar-refractivity contribution in [2.75, 3.05) is 47.6 Å². The van der Waals surface area contributed by atoms with E-state index in [0.717, 1.165) is 31.4 Å². The number of alkyl halides is 3. The van der Waals surface area contributed by atoms with E-state index >= 15 is 0 Å². The lowest BCUT2D eigenvalue weighted by atomic mass is 10.2. The Labute approximate surface area is 195 Å². The molecule has 2 N–H and O–H groups in total. The van der Waals surface area contributed by atoms with Gasteiger partial charge in [-0.2, -0.15) is 13.2 Å². The summed E-state index contributed by atoms with van der Waals surface area (Å²) < 4.78 is 70.0. The van der Waals surface area contributed by atoms with Gasteiger partial charge in [-0.3, -0.25) is 0 Å². The molecule has 1 aliphatic heterocycles. The molecule has 2 aromatic rings. The summed E-state index contributed by atoms with van der Waals surface area (Å²) >= 11 is 0. The monoisotopic (exact) mass is 498 g/mol. The third-order valence-corrected chi connectivity index (χ3v) is 7.42. The summed E-state index contributed by atoms with van der Waals surface area (Å²) in [4.78, 5) is 18.9. The Morgan fingerprint density at radius 3 is 2.68 bits per heavy atom. The van der Waals surface area contributed by atoms with E-state index in [9.17, 15) is 26.4 Å². The Hall–Kier alpha value is -2.86. The highest BCUT2D eigenvalue weighted by Gasteiger charge is 2.31. The number of carbonyl (C=O) groups is 1. The number of sulfone groups is 1. The number of aromatic nitrogens is 1. The SMILES string of the molecule is O=C(Nc1cccc(C(F)(F)F)c1)Nc1cc(S(=O)(=O)CC2CC2)cnc1N1CCCOCC1. The Kier molecular flexibility index (Phi) is 6.99. The first kappa shape index (κ1) is 24.3.